The third kappa shape index (κ3) is 3.99. The van der Waals surface area contributed by atoms with E-state index in [4.69, 9.17) is 13.9 Å². The van der Waals surface area contributed by atoms with Gasteiger partial charge >= 0.3 is 5.63 Å². The summed E-state index contributed by atoms with van der Waals surface area (Å²) in [7, 11) is 0. The number of thiazole rings is 1. The third-order valence-corrected chi connectivity index (χ3v) is 5.22. The summed E-state index contributed by atoms with van der Waals surface area (Å²) in [6.45, 7) is 4.61. The molecule has 0 aliphatic carbocycles. The molecule has 1 atom stereocenters. The van der Waals surface area contributed by atoms with E-state index >= 15 is 0 Å². The number of rotatable bonds is 5. The van der Waals surface area contributed by atoms with Crippen molar-refractivity contribution >= 4 is 28.2 Å². The Bertz CT molecular complexity index is 1040. The number of aromatic nitrogens is 1. The van der Waals surface area contributed by atoms with Crippen molar-refractivity contribution in [2.75, 3.05) is 13.2 Å². The van der Waals surface area contributed by atoms with Gasteiger partial charge in [0.15, 0.2) is 5.79 Å². The van der Waals surface area contributed by atoms with Crippen molar-refractivity contribution in [2.45, 2.75) is 32.3 Å². The fourth-order valence-corrected chi connectivity index (χ4v) is 3.82. The molecule has 0 radical (unpaired) electrons. The van der Waals surface area contributed by atoms with Crippen molar-refractivity contribution in [2.24, 2.45) is 0 Å². The largest absolute Gasteiger partial charge is 0.422 e. The molecule has 1 amide bonds. The maximum atomic E-state index is 13.2. The smallest absolute Gasteiger partial charge is 0.349 e. The first-order chi connectivity index (χ1) is 13.4. The maximum Gasteiger partial charge on any atom is 0.349 e. The van der Waals surface area contributed by atoms with Crippen LogP contribution in [0.15, 0.2) is 51.1 Å². The third-order valence-electron chi connectivity index (χ3n) is 4.46. The predicted octanol–water partition coefficient (Wildman–Crippen LogP) is 3.04. The van der Waals surface area contributed by atoms with Gasteiger partial charge in [-0.1, -0.05) is 18.2 Å². The lowest BCUT2D eigenvalue weighted by molar-refractivity contribution is -0.139. The SMILES string of the molecule is CC1(C)OC[C@H](CN(Cc2nccs2)C(=O)c2cc3ccccc3oc2=O)O1. The summed E-state index contributed by atoms with van der Waals surface area (Å²) in [5, 5.41) is 3.32. The second kappa shape index (κ2) is 7.46. The molecule has 0 unspecified atom stereocenters. The van der Waals surface area contributed by atoms with Gasteiger partial charge in [0.2, 0.25) is 0 Å². The zero-order valence-electron chi connectivity index (χ0n) is 15.6. The zero-order valence-corrected chi connectivity index (χ0v) is 16.4. The average molecular weight is 400 g/mol. The summed E-state index contributed by atoms with van der Waals surface area (Å²) in [5.74, 6) is -1.11. The Morgan fingerprint density at radius 1 is 1.36 bits per heavy atom. The first-order valence-corrected chi connectivity index (χ1v) is 9.81. The van der Waals surface area contributed by atoms with Crippen LogP contribution in [0.5, 0.6) is 0 Å². The molecular weight excluding hydrogens is 380 g/mol. The van der Waals surface area contributed by atoms with Gasteiger partial charge in [-0.2, -0.15) is 0 Å². The van der Waals surface area contributed by atoms with Crippen LogP contribution in [-0.2, 0) is 16.0 Å². The van der Waals surface area contributed by atoms with Gasteiger partial charge in [0.05, 0.1) is 19.7 Å². The molecule has 1 aromatic carbocycles. The van der Waals surface area contributed by atoms with Crippen molar-refractivity contribution in [3.63, 3.8) is 0 Å². The first-order valence-electron chi connectivity index (χ1n) is 8.93. The van der Waals surface area contributed by atoms with Crippen LogP contribution in [0.25, 0.3) is 11.0 Å². The van der Waals surface area contributed by atoms with E-state index in [1.807, 2.05) is 25.3 Å². The maximum absolute atomic E-state index is 13.2. The van der Waals surface area contributed by atoms with Gasteiger partial charge in [-0.3, -0.25) is 4.79 Å². The van der Waals surface area contributed by atoms with E-state index in [1.165, 1.54) is 11.3 Å². The van der Waals surface area contributed by atoms with E-state index in [0.29, 0.717) is 17.6 Å². The number of amides is 1. The molecule has 8 heteroatoms. The molecule has 2 aromatic heterocycles. The van der Waals surface area contributed by atoms with E-state index in [0.717, 1.165) is 5.01 Å². The molecule has 7 nitrogen and oxygen atoms in total. The Kier molecular flexibility index (Phi) is 5.01. The van der Waals surface area contributed by atoms with Gasteiger partial charge in [-0.05, 0) is 26.0 Å². The lowest BCUT2D eigenvalue weighted by Crippen LogP contribution is -2.40. The number of fused-ring (bicyclic) bond motifs is 1. The Morgan fingerprint density at radius 3 is 2.89 bits per heavy atom. The van der Waals surface area contributed by atoms with Crippen LogP contribution in [0.2, 0.25) is 0 Å². The molecular formula is C20H20N2O5S. The number of hydrogen-bond donors (Lipinski definition) is 0. The number of benzene rings is 1. The van der Waals surface area contributed by atoms with Crippen LogP contribution in [0.3, 0.4) is 0 Å². The minimum atomic E-state index is -0.692. The van der Waals surface area contributed by atoms with Crippen LogP contribution >= 0.6 is 11.3 Å². The van der Waals surface area contributed by atoms with Gasteiger partial charge in [-0.15, -0.1) is 11.3 Å². The second-order valence-corrected chi connectivity index (χ2v) is 8.03. The van der Waals surface area contributed by atoms with Gasteiger partial charge in [0.1, 0.15) is 22.3 Å². The Morgan fingerprint density at radius 2 is 2.18 bits per heavy atom. The average Bonchev–Trinajstić information content (AvgIpc) is 3.29. The molecule has 0 saturated carbocycles. The molecule has 1 fully saturated rings. The van der Waals surface area contributed by atoms with E-state index < -0.39 is 17.3 Å². The molecule has 1 aliphatic heterocycles. The summed E-state index contributed by atoms with van der Waals surface area (Å²) in [6.07, 6.45) is 1.40. The van der Waals surface area contributed by atoms with Crippen molar-refractivity contribution in [3.05, 3.63) is 62.9 Å². The van der Waals surface area contributed by atoms with Crippen LogP contribution in [-0.4, -0.2) is 40.8 Å². The van der Waals surface area contributed by atoms with E-state index in [2.05, 4.69) is 4.98 Å². The van der Waals surface area contributed by atoms with Gasteiger partial charge < -0.3 is 18.8 Å². The standard InChI is InChI=1S/C20H20N2O5S/c1-20(2)25-12-14(27-20)10-22(11-17-21-7-8-28-17)18(23)15-9-13-5-3-4-6-16(13)26-19(15)24/h3-9,14H,10-12H2,1-2H3/t14-/m0/s1. The zero-order chi connectivity index (χ0) is 19.7. The first kappa shape index (κ1) is 18.8. The summed E-state index contributed by atoms with van der Waals surface area (Å²) < 4.78 is 16.8. The van der Waals surface area contributed by atoms with Gasteiger partial charge in [0.25, 0.3) is 5.91 Å². The topological polar surface area (TPSA) is 81.9 Å². The van der Waals surface area contributed by atoms with E-state index in [9.17, 15) is 9.59 Å². The monoisotopic (exact) mass is 400 g/mol. The Hall–Kier alpha value is -2.55. The molecule has 146 valence electrons. The Labute approximate surface area is 165 Å². The van der Waals surface area contributed by atoms with Crippen LogP contribution in [0.4, 0.5) is 0 Å². The second-order valence-electron chi connectivity index (χ2n) is 7.05. The molecule has 28 heavy (non-hydrogen) atoms. The molecule has 3 heterocycles. The summed E-state index contributed by atoms with van der Waals surface area (Å²) >= 11 is 1.45. The highest BCUT2D eigenvalue weighted by Gasteiger charge is 2.35. The summed E-state index contributed by atoms with van der Waals surface area (Å²) in [6, 6.07) is 8.69. The Balaban J connectivity index is 1.64. The highest BCUT2D eigenvalue weighted by molar-refractivity contribution is 7.09. The molecule has 0 spiro atoms. The number of hydrogen-bond acceptors (Lipinski definition) is 7. The number of carbonyl (C=O) groups is 1. The number of carbonyl (C=O) groups excluding carboxylic acids is 1. The van der Waals surface area contributed by atoms with Crippen molar-refractivity contribution in [1.82, 2.24) is 9.88 Å². The van der Waals surface area contributed by atoms with E-state index in [1.54, 1.807) is 35.4 Å². The fourth-order valence-electron chi connectivity index (χ4n) is 3.19. The van der Waals surface area contributed by atoms with Crippen molar-refractivity contribution < 1.29 is 18.7 Å². The molecule has 4 rings (SSSR count). The lowest BCUT2D eigenvalue weighted by atomic mass is 10.1. The highest BCUT2D eigenvalue weighted by Crippen LogP contribution is 2.24. The predicted molar refractivity (Wildman–Crippen MR) is 104 cm³/mol. The van der Waals surface area contributed by atoms with Crippen LogP contribution < -0.4 is 5.63 Å². The van der Waals surface area contributed by atoms with Crippen molar-refractivity contribution in [1.29, 1.82) is 0 Å². The summed E-state index contributed by atoms with van der Waals surface area (Å²) in [5.41, 5.74) is -0.213. The molecule has 0 bridgehead atoms. The van der Waals surface area contributed by atoms with Crippen LogP contribution in [0.1, 0.15) is 29.2 Å². The quantitative estimate of drug-likeness (QED) is 0.613. The van der Waals surface area contributed by atoms with Crippen LogP contribution in [0, 0.1) is 0 Å². The minimum absolute atomic E-state index is 0.00608. The lowest BCUT2D eigenvalue weighted by Gasteiger charge is -2.25. The number of ether oxygens (including phenoxy) is 2. The minimum Gasteiger partial charge on any atom is -0.422 e. The number of nitrogens with zero attached hydrogens (tertiary/aromatic N) is 2. The molecule has 0 N–H and O–H groups in total. The molecule has 1 saturated heterocycles. The van der Waals surface area contributed by atoms with E-state index in [-0.39, 0.29) is 24.8 Å². The van der Waals surface area contributed by atoms with Gasteiger partial charge in [0, 0.05) is 17.0 Å². The summed E-state index contributed by atoms with van der Waals surface area (Å²) in [4.78, 5) is 31.5. The fraction of sp³-hybridized carbons (Fsp3) is 0.350. The molecule has 1 aliphatic rings. The molecule has 3 aromatic rings. The van der Waals surface area contributed by atoms with Gasteiger partial charge in [-0.25, -0.2) is 9.78 Å². The number of para-hydroxylation sites is 1. The normalized spacial score (nSPS) is 18.4. The van der Waals surface area contributed by atoms with Crippen molar-refractivity contribution in [3.8, 4) is 0 Å². The highest BCUT2D eigenvalue weighted by atomic mass is 32.1.